The Morgan fingerprint density at radius 3 is 2.47 bits per heavy atom. The van der Waals surface area contributed by atoms with Crippen molar-refractivity contribution in [2.75, 3.05) is 7.11 Å². The third-order valence-corrected chi connectivity index (χ3v) is 2.06. The number of nitrogens with one attached hydrogen (secondary N) is 1. The van der Waals surface area contributed by atoms with Gasteiger partial charge in [-0.15, -0.1) is 0 Å². The predicted octanol–water partition coefficient (Wildman–Crippen LogP) is 0.182. The van der Waals surface area contributed by atoms with Crippen LogP contribution in [0.25, 0.3) is 0 Å². The molecule has 0 aromatic carbocycles. The fourth-order valence-corrected chi connectivity index (χ4v) is 1.10. The molecule has 0 bridgehead atoms. The molecule has 5 nitrogen and oxygen atoms in total. The number of hydrogen-bond acceptors (Lipinski definition) is 4. The largest absolute Gasteiger partial charge is 0.467 e. The number of hydrogen-bond donors (Lipinski definition) is 2. The van der Waals surface area contributed by atoms with Gasteiger partial charge < -0.3 is 15.8 Å². The number of ether oxygens (including phenoxy) is 1. The van der Waals surface area contributed by atoms with Crippen molar-refractivity contribution in [3.63, 3.8) is 0 Å². The summed E-state index contributed by atoms with van der Waals surface area (Å²) < 4.78 is 4.55. The van der Waals surface area contributed by atoms with Crippen LogP contribution >= 0.6 is 0 Å². The Labute approximate surface area is 90.4 Å². The van der Waals surface area contributed by atoms with E-state index < -0.39 is 12.0 Å². The molecule has 0 radical (unpaired) electrons. The Bertz CT molecular complexity index is 217. The molecule has 0 aromatic rings. The van der Waals surface area contributed by atoms with Gasteiger partial charge in [0, 0.05) is 12.5 Å². The molecule has 0 saturated heterocycles. The average molecular weight is 216 g/mol. The second-order valence-electron chi connectivity index (χ2n) is 3.57. The van der Waals surface area contributed by atoms with Crippen LogP contribution in [0.4, 0.5) is 0 Å². The van der Waals surface area contributed by atoms with Gasteiger partial charge in [0.1, 0.15) is 6.04 Å². The molecule has 3 N–H and O–H groups in total. The van der Waals surface area contributed by atoms with E-state index in [0.717, 1.165) is 0 Å². The van der Waals surface area contributed by atoms with Crippen LogP contribution in [-0.2, 0) is 14.3 Å². The second-order valence-corrected chi connectivity index (χ2v) is 3.57. The Hall–Kier alpha value is -1.10. The molecule has 0 rings (SSSR count). The van der Waals surface area contributed by atoms with Gasteiger partial charge in [0.25, 0.3) is 0 Å². The van der Waals surface area contributed by atoms with Gasteiger partial charge >= 0.3 is 5.97 Å². The van der Waals surface area contributed by atoms with Gasteiger partial charge in [-0.3, -0.25) is 4.79 Å². The van der Waals surface area contributed by atoms with E-state index in [9.17, 15) is 9.59 Å². The van der Waals surface area contributed by atoms with Crippen molar-refractivity contribution < 1.29 is 14.3 Å². The van der Waals surface area contributed by atoms with Gasteiger partial charge in [0.05, 0.1) is 7.11 Å². The molecule has 2 atom stereocenters. The highest BCUT2D eigenvalue weighted by molar-refractivity contribution is 5.84. The minimum atomic E-state index is -0.546. The van der Waals surface area contributed by atoms with Crippen molar-refractivity contribution >= 4 is 11.9 Å². The lowest BCUT2D eigenvalue weighted by Crippen LogP contribution is -2.41. The van der Waals surface area contributed by atoms with Crippen LogP contribution in [0.5, 0.6) is 0 Å². The molecule has 15 heavy (non-hydrogen) atoms. The Morgan fingerprint density at radius 1 is 1.47 bits per heavy atom. The van der Waals surface area contributed by atoms with Crippen LogP contribution in [0.2, 0.25) is 0 Å². The maximum Gasteiger partial charge on any atom is 0.328 e. The number of nitrogens with two attached hydrogens (primary N) is 1. The molecule has 2 unspecified atom stereocenters. The van der Waals surface area contributed by atoms with E-state index in [2.05, 4.69) is 10.1 Å². The summed E-state index contributed by atoms with van der Waals surface area (Å²) in [5, 5.41) is 2.60. The zero-order valence-corrected chi connectivity index (χ0v) is 9.58. The van der Waals surface area contributed by atoms with Crippen molar-refractivity contribution in [2.45, 2.75) is 45.2 Å². The third-order valence-electron chi connectivity index (χ3n) is 2.06. The van der Waals surface area contributed by atoms with Crippen LogP contribution in [0.15, 0.2) is 0 Å². The van der Waals surface area contributed by atoms with Gasteiger partial charge in [-0.2, -0.15) is 0 Å². The molecule has 88 valence electrons. The highest BCUT2D eigenvalue weighted by Crippen LogP contribution is 1.98. The molecular formula is C10H20N2O3. The Kier molecular flexibility index (Phi) is 6.70. The lowest BCUT2D eigenvalue weighted by molar-refractivity contribution is -0.145. The lowest BCUT2D eigenvalue weighted by Gasteiger charge is -2.14. The van der Waals surface area contributed by atoms with Gasteiger partial charge in [-0.05, 0) is 19.8 Å². The first-order valence-corrected chi connectivity index (χ1v) is 5.14. The van der Waals surface area contributed by atoms with Crippen molar-refractivity contribution in [3.8, 4) is 0 Å². The maximum absolute atomic E-state index is 11.4. The van der Waals surface area contributed by atoms with Crippen LogP contribution in [0, 0.1) is 0 Å². The summed E-state index contributed by atoms with van der Waals surface area (Å²) in [4.78, 5) is 22.5. The van der Waals surface area contributed by atoms with E-state index in [0.29, 0.717) is 19.3 Å². The minimum absolute atomic E-state index is 0.00560. The molecule has 0 aliphatic heterocycles. The zero-order valence-electron chi connectivity index (χ0n) is 9.58. The normalized spacial score (nSPS) is 14.1. The summed E-state index contributed by atoms with van der Waals surface area (Å²) in [5.74, 6) is -0.573. The van der Waals surface area contributed by atoms with E-state index in [4.69, 9.17) is 5.73 Å². The number of carbonyl (C=O) groups is 2. The van der Waals surface area contributed by atoms with Crippen molar-refractivity contribution in [1.29, 1.82) is 0 Å². The van der Waals surface area contributed by atoms with E-state index >= 15 is 0 Å². The SMILES string of the molecule is CCC(NC(=O)CCC(C)N)C(=O)OC. The number of esters is 1. The Balaban J connectivity index is 3.96. The lowest BCUT2D eigenvalue weighted by atomic mass is 10.1. The van der Waals surface area contributed by atoms with E-state index in [-0.39, 0.29) is 11.9 Å². The van der Waals surface area contributed by atoms with Crippen LogP contribution in [-0.4, -0.2) is 31.1 Å². The van der Waals surface area contributed by atoms with Crippen molar-refractivity contribution in [3.05, 3.63) is 0 Å². The van der Waals surface area contributed by atoms with Gasteiger partial charge in [-0.25, -0.2) is 4.79 Å². The summed E-state index contributed by atoms with van der Waals surface area (Å²) in [7, 11) is 1.30. The molecule has 5 heteroatoms. The van der Waals surface area contributed by atoms with Crippen LogP contribution in [0.1, 0.15) is 33.1 Å². The third kappa shape index (κ3) is 6.06. The quantitative estimate of drug-likeness (QED) is 0.621. The summed E-state index contributed by atoms with van der Waals surface area (Å²) in [6.07, 6.45) is 1.48. The van der Waals surface area contributed by atoms with Crippen LogP contribution in [0.3, 0.4) is 0 Å². The molecule has 0 fully saturated rings. The van der Waals surface area contributed by atoms with E-state index in [1.807, 2.05) is 13.8 Å². The molecule has 1 amide bonds. The molecule has 0 aliphatic carbocycles. The van der Waals surface area contributed by atoms with Crippen molar-refractivity contribution in [2.24, 2.45) is 5.73 Å². The highest BCUT2D eigenvalue weighted by atomic mass is 16.5. The summed E-state index contributed by atoms with van der Waals surface area (Å²) in [5.41, 5.74) is 5.52. The first-order chi connectivity index (χ1) is 7.01. The van der Waals surface area contributed by atoms with Gasteiger partial charge in [0.2, 0.25) is 5.91 Å². The van der Waals surface area contributed by atoms with E-state index in [1.54, 1.807) is 0 Å². The predicted molar refractivity (Wildman–Crippen MR) is 57.1 cm³/mol. The molecular weight excluding hydrogens is 196 g/mol. The summed E-state index contributed by atoms with van der Waals surface area (Å²) >= 11 is 0. The average Bonchev–Trinajstić information content (AvgIpc) is 2.21. The summed E-state index contributed by atoms with van der Waals surface area (Å²) in [6.45, 7) is 3.65. The maximum atomic E-state index is 11.4. The molecule has 0 aromatic heterocycles. The summed E-state index contributed by atoms with van der Waals surface area (Å²) in [6, 6.07) is -0.551. The number of amides is 1. The highest BCUT2D eigenvalue weighted by Gasteiger charge is 2.18. The molecule has 0 heterocycles. The van der Waals surface area contributed by atoms with E-state index in [1.165, 1.54) is 7.11 Å². The number of rotatable bonds is 6. The van der Waals surface area contributed by atoms with Gasteiger partial charge in [-0.1, -0.05) is 6.92 Å². The smallest absolute Gasteiger partial charge is 0.328 e. The molecule has 0 spiro atoms. The fraction of sp³-hybridized carbons (Fsp3) is 0.800. The Morgan fingerprint density at radius 2 is 2.07 bits per heavy atom. The van der Waals surface area contributed by atoms with Gasteiger partial charge in [0.15, 0.2) is 0 Å². The topological polar surface area (TPSA) is 81.4 Å². The number of methoxy groups -OCH3 is 1. The number of carbonyl (C=O) groups excluding carboxylic acids is 2. The molecule has 0 aliphatic rings. The van der Waals surface area contributed by atoms with Crippen LogP contribution < -0.4 is 11.1 Å². The zero-order chi connectivity index (χ0) is 11.8. The minimum Gasteiger partial charge on any atom is -0.467 e. The molecule has 0 saturated carbocycles. The first kappa shape index (κ1) is 13.9. The van der Waals surface area contributed by atoms with Crippen molar-refractivity contribution in [1.82, 2.24) is 5.32 Å². The second kappa shape index (κ2) is 7.23. The first-order valence-electron chi connectivity index (χ1n) is 5.14. The monoisotopic (exact) mass is 216 g/mol. The fourth-order valence-electron chi connectivity index (χ4n) is 1.10. The standard InChI is InChI=1S/C10H20N2O3/c1-4-8(10(14)15-3)12-9(13)6-5-7(2)11/h7-8H,4-6,11H2,1-3H3,(H,12,13).